The van der Waals surface area contributed by atoms with Gasteiger partial charge in [0, 0.05) is 5.56 Å². The van der Waals surface area contributed by atoms with Crippen LogP contribution in [0.3, 0.4) is 0 Å². The van der Waals surface area contributed by atoms with E-state index in [4.69, 9.17) is 9.16 Å². The maximum Gasteiger partial charge on any atom is 0.242 e. The Morgan fingerprint density at radius 2 is 1.83 bits per heavy atom. The lowest BCUT2D eigenvalue weighted by atomic mass is 9.91. The molecular weight excluding hydrogens is 240 g/mol. The average molecular weight is 262 g/mol. The standard InChI is InChI=1S/C15H22O2Si/c1-11-6-7-12-10-13(16-2)8-9-14(12)15(11)17-18(3,4)5/h8-10H,6-7H2,1-5H3. The Balaban J connectivity index is 2.42. The first-order chi connectivity index (χ1) is 8.40. The molecular formula is C15H22O2Si. The number of rotatable bonds is 3. The molecule has 0 aromatic heterocycles. The van der Waals surface area contributed by atoms with E-state index in [1.165, 1.54) is 16.7 Å². The van der Waals surface area contributed by atoms with Crippen LogP contribution in [0.4, 0.5) is 0 Å². The monoisotopic (exact) mass is 262 g/mol. The van der Waals surface area contributed by atoms with Gasteiger partial charge < -0.3 is 9.16 Å². The van der Waals surface area contributed by atoms with Gasteiger partial charge in [0.15, 0.2) is 0 Å². The van der Waals surface area contributed by atoms with Crippen molar-refractivity contribution in [3.8, 4) is 5.75 Å². The van der Waals surface area contributed by atoms with Crippen LogP contribution < -0.4 is 4.74 Å². The van der Waals surface area contributed by atoms with Crippen LogP contribution in [-0.2, 0) is 10.8 Å². The molecule has 0 aliphatic heterocycles. The highest BCUT2D eigenvalue weighted by atomic mass is 28.4. The first-order valence-corrected chi connectivity index (χ1v) is 9.87. The average Bonchev–Trinajstić information content (AvgIpc) is 2.31. The zero-order valence-electron chi connectivity index (χ0n) is 12.0. The van der Waals surface area contributed by atoms with Crippen molar-refractivity contribution in [2.75, 3.05) is 7.11 Å². The van der Waals surface area contributed by atoms with Crippen molar-refractivity contribution in [2.24, 2.45) is 0 Å². The van der Waals surface area contributed by atoms with E-state index in [0.717, 1.165) is 24.4 Å². The summed E-state index contributed by atoms with van der Waals surface area (Å²) in [6.45, 7) is 8.86. The van der Waals surface area contributed by atoms with Crippen molar-refractivity contribution in [2.45, 2.75) is 39.4 Å². The second-order valence-corrected chi connectivity index (χ2v) is 10.3. The molecule has 0 bridgehead atoms. The van der Waals surface area contributed by atoms with Gasteiger partial charge in [0.25, 0.3) is 0 Å². The maximum absolute atomic E-state index is 6.27. The molecule has 3 heteroatoms. The van der Waals surface area contributed by atoms with Crippen molar-refractivity contribution in [3.63, 3.8) is 0 Å². The normalized spacial score (nSPS) is 15.4. The number of aryl methyl sites for hydroxylation is 1. The van der Waals surface area contributed by atoms with Crippen LogP contribution in [-0.4, -0.2) is 15.4 Å². The Morgan fingerprint density at radius 1 is 1.11 bits per heavy atom. The molecule has 0 radical (unpaired) electrons. The molecule has 2 rings (SSSR count). The van der Waals surface area contributed by atoms with E-state index in [1.807, 2.05) is 6.07 Å². The Hall–Kier alpha value is -1.22. The minimum Gasteiger partial charge on any atom is -0.544 e. The van der Waals surface area contributed by atoms with Crippen LogP contribution in [0, 0.1) is 0 Å². The highest BCUT2D eigenvalue weighted by molar-refractivity contribution is 6.70. The summed E-state index contributed by atoms with van der Waals surface area (Å²) in [6, 6.07) is 6.28. The molecule has 0 N–H and O–H groups in total. The van der Waals surface area contributed by atoms with Crippen molar-refractivity contribution in [3.05, 3.63) is 34.9 Å². The van der Waals surface area contributed by atoms with Crippen molar-refractivity contribution in [1.29, 1.82) is 0 Å². The van der Waals surface area contributed by atoms with Crippen LogP contribution in [0.15, 0.2) is 23.8 Å². The van der Waals surface area contributed by atoms with E-state index < -0.39 is 8.32 Å². The third-order valence-corrected chi connectivity index (χ3v) is 3.94. The van der Waals surface area contributed by atoms with E-state index in [1.54, 1.807) is 7.11 Å². The van der Waals surface area contributed by atoms with E-state index in [2.05, 4.69) is 38.7 Å². The smallest absolute Gasteiger partial charge is 0.242 e. The fourth-order valence-electron chi connectivity index (χ4n) is 2.24. The van der Waals surface area contributed by atoms with Gasteiger partial charge >= 0.3 is 0 Å². The van der Waals surface area contributed by atoms with E-state index in [0.29, 0.717) is 0 Å². The molecule has 98 valence electrons. The van der Waals surface area contributed by atoms with Crippen LogP contribution in [0.1, 0.15) is 24.5 Å². The van der Waals surface area contributed by atoms with Gasteiger partial charge in [-0.05, 0) is 68.7 Å². The number of benzene rings is 1. The first kappa shape index (κ1) is 13.2. The Kier molecular flexibility index (Phi) is 3.53. The Labute approximate surface area is 111 Å². The number of methoxy groups -OCH3 is 1. The third-order valence-electron chi connectivity index (χ3n) is 3.12. The molecule has 0 amide bonds. The summed E-state index contributed by atoms with van der Waals surface area (Å²) in [7, 11) is 0.147. The second kappa shape index (κ2) is 4.80. The van der Waals surface area contributed by atoms with Gasteiger partial charge in [0.2, 0.25) is 8.32 Å². The number of fused-ring (bicyclic) bond motifs is 1. The number of ether oxygens (including phenoxy) is 1. The predicted molar refractivity (Wildman–Crippen MR) is 78.3 cm³/mol. The molecule has 0 saturated heterocycles. The van der Waals surface area contributed by atoms with Gasteiger partial charge in [0.1, 0.15) is 11.5 Å². The zero-order chi connectivity index (χ0) is 13.3. The number of allylic oxidation sites excluding steroid dienone is 1. The molecule has 1 aromatic carbocycles. The Bertz CT molecular complexity index is 484. The van der Waals surface area contributed by atoms with Gasteiger partial charge in [-0.2, -0.15) is 0 Å². The molecule has 18 heavy (non-hydrogen) atoms. The number of hydrogen-bond donors (Lipinski definition) is 0. The van der Waals surface area contributed by atoms with Gasteiger partial charge in [-0.15, -0.1) is 0 Å². The molecule has 1 aromatic rings. The van der Waals surface area contributed by atoms with Gasteiger partial charge in [-0.3, -0.25) is 0 Å². The zero-order valence-corrected chi connectivity index (χ0v) is 13.0. The minimum absolute atomic E-state index is 0.931. The second-order valence-electron chi connectivity index (χ2n) is 5.85. The summed E-state index contributed by atoms with van der Waals surface area (Å²) in [6.07, 6.45) is 2.16. The molecule has 1 aliphatic carbocycles. The maximum atomic E-state index is 6.27. The number of hydrogen-bond acceptors (Lipinski definition) is 2. The summed E-state index contributed by atoms with van der Waals surface area (Å²) in [5.74, 6) is 2.04. The Morgan fingerprint density at radius 3 is 2.44 bits per heavy atom. The molecule has 0 fully saturated rings. The largest absolute Gasteiger partial charge is 0.544 e. The highest BCUT2D eigenvalue weighted by Crippen LogP contribution is 2.35. The summed E-state index contributed by atoms with van der Waals surface area (Å²) >= 11 is 0. The van der Waals surface area contributed by atoms with Gasteiger partial charge in [0.05, 0.1) is 7.11 Å². The third kappa shape index (κ3) is 2.78. The lowest BCUT2D eigenvalue weighted by Crippen LogP contribution is -2.26. The summed E-state index contributed by atoms with van der Waals surface area (Å²) in [5, 5.41) is 0. The van der Waals surface area contributed by atoms with Gasteiger partial charge in [-0.1, -0.05) is 0 Å². The topological polar surface area (TPSA) is 18.5 Å². The molecule has 1 aliphatic rings. The molecule has 0 saturated carbocycles. The van der Waals surface area contributed by atoms with Crippen LogP contribution in [0.5, 0.6) is 5.75 Å². The molecule has 0 atom stereocenters. The van der Waals surface area contributed by atoms with Gasteiger partial charge in [-0.25, -0.2) is 0 Å². The van der Waals surface area contributed by atoms with E-state index in [9.17, 15) is 0 Å². The quantitative estimate of drug-likeness (QED) is 0.759. The van der Waals surface area contributed by atoms with E-state index >= 15 is 0 Å². The minimum atomic E-state index is -1.57. The van der Waals surface area contributed by atoms with Crippen LogP contribution in [0.2, 0.25) is 19.6 Å². The van der Waals surface area contributed by atoms with Crippen LogP contribution >= 0.6 is 0 Å². The highest BCUT2D eigenvalue weighted by Gasteiger charge is 2.24. The summed E-state index contributed by atoms with van der Waals surface area (Å²) in [5.41, 5.74) is 3.96. The molecule has 0 unspecified atom stereocenters. The lowest BCUT2D eigenvalue weighted by molar-refractivity contribution is 0.414. The predicted octanol–water partition coefficient (Wildman–Crippen LogP) is 4.22. The van der Waals surface area contributed by atoms with E-state index in [-0.39, 0.29) is 0 Å². The molecule has 0 heterocycles. The van der Waals surface area contributed by atoms with Crippen molar-refractivity contribution >= 4 is 14.1 Å². The van der Waals surface area contributed by atoms with Crippen molar-refractivity contribution in [1.82, 2.24) is 0 Å². The summed E-state index contributed by atoms with van der Waals surface area (Å²) in [4.78, 5) is 0. The molecule has 2 nitrogen and oxygen atoms in total. The summed E-state index contributed by atoms with van der Waals surface area (Å²) < 4.78 is 11.6. The fraction of sp³-hybridized carbons (Fsp3) is 0.467. The van der Waals surface area contributed by atoms with Crippen LogP contribution in [0.25, 0.3) is 5.76 Å². The first-order valence-electron chi connectivity index (χ1n) is 6.47. The SMILES string of the molecule is COc1ccc2c(c1)CCC(C)=C2O[Si](C)(C)C. The molecule has 0 spiro atoms. The lowest BCUT2D eigenvalue weighted by Gasteiger charge is -2.28. The van der Waals surface area contributed by atoms with Crippen molar-refractivity contribution < 1.29 is 9.16 Å². The fourth-order valence-corrected chi connectivity index (χ4v) is 3.14.